The normalized spacial score (nSPS) is 30.7. The predicted molar refractivity (Wildman–Crippen MR) is 216 cm³/mol. The Morgan fingerprint density at radius 3 is 2.39 bits per heavy atom. The quantitative estimate of drug-likeness (QED) is 0.0584. The van der Waals surface area contributed by atoms with Crippen molar-refractivity contribution < 1.29 is 48.7 Å². The third-order valence-electron chi connectivity index (χ3n) is 11.2. The summed E-state index contributed by atoms with van der Waals surface area (Å²) in [4.78, 5) is 72.1. The first-order valence-corrected chi connectivity index (χ1v) is 19.5. The maximum atomic E-state index is 14.5. The van der Waals surface area contributed by atoms with Crippen LogP contribution in [0.1, 0.15) is 64.4 Å². The molecule has 3 aliphatic rings. The number of hydrogen-bond acceptors (Lipinski definition) is 13. The number of ketones is 1. The van der Waals surface area contributed by atoms with Gasteiger partial charge in [0.15, 0.2) is 11.2 Å². The smallest absolute Gasteiger partial charge is 0.312 e. The van der Waals surface area contributed by atoms with E-state index in [0.29, 0.717) is 21.2 Å². The van der Waals surface area contributed by atoms with Crippen LogP contribution in [0.4, 0.5) is 5.69 Å². The molecule has 1 amide bonds. The molecule has 7 rings (SSSR count). The van der Waals surface area contributed by atoms with Gasteiger partial charge in [-0.05, 0) is 32.1 Å². The number of aromatic nitrogens is 1. The summed E-state index contributed by atoms with van der Waals surface area (Å²) in [5, 5.41) is 37.2. The van der Waals surface area contributed by atoms with E-state index < -0.39 is 82.5 Å². The second-order valence-corrected chi connectivity index (χ2v) is 16.3. The number of esters is 1. The summed E-state index contributed by atoms with van der Waals surface area (Å²) in [6.07, 6.45) is 4.69. The number of nitrogens with one attached hydrogen (secondary N) is 1. The van der Waals surface area contributed by atoms with Gasteiger partial charge in [0.2, 0.25) is 0 Å². The maximum Gasteiger partial charge on any atom is 0.312 e. The zero-order valence-corrected chi connectivity index (χ0v) is 33.7. The Hall–Kier alpha value is -5.44. The van der Waals surface area contributed by atoms with Crippen LogP contribution in [0.25, 0.3) is 31.2 Å². The molecule has 14 heteroatoms. The van der Waals surface area contributed by atoms with Gasteiger partial charge in [-0.3, -0.25) is 19.2 Å². The largest absolute Gasteiger partial charge is 0.505 e. The number of fused-ring (bicyclic) bond motifs is 14. The Bertz CT molecular complexity index is 2470. The van der Waals surface area contributed by atoms with Crippen LogP contribution in [-0.4, -0.2) is 68.3 Å². The second-order valence-electron chi connectivity index (χ2n) is 15.2. The fourth-order valence-corrected chi connectivity index (χ4v) is 8.75. The number of Topliss-reactive ketones (excluding diaryl/α,β-unsaturated/α-hetero) is 1. The number of benzene rings is 3. The zero-order chi connectivity index (χ0) is 41.7. The molecule has 4 N–H and O–H groups in total. The van der Waals surface area contributed by atoms with Crippen LogP contribution in [0.5, 0.6) is 11.5 Å². The SMILES string of the molecule is CC(=O)O[C@H]1[C@H](C)[C@H](O)[C@H](C)[C@@H](O)[C@@H](C)/C=C/C=C(/C)C(=O)Nc2c(O)c3c(=O)c(C)c4c(c3c3nc5ccccc5sc23)C(=O)[C@@](C)(O/C=C/[C@H](C=O)[C@H]1C)O4. The number of rotatable bonds is 2. The van der Waals surface area contributed by atoms with E-state index in [0.717, 1.165) is 6.26 Å². The molecule has 4 aromatic rings. The number of phenols is 1. The molecular formula is C43H46N2O11S. The van der Waals surface area contributed by atoms with Gasteiger partial charge in [0, 0.05) is 60.0 Å². The van der Waals surface area contributed by atoms with Gasteiger partial charge >= 0.3 is 11.8 Å². The van der Waals surface area contributed by atoms with Crippen molar-refractivity contribution >= 4 is 72.2 Å². The number of aliphatic hydroxyl groups is 2. The molecule has 0 saturated heterocycles. The van der Waals surface area contributed by atoms with Crippen LogP contribution < -0.4 is 15.5 Å². The van der Waals surface area contributed by atoms with Crippen molar-refractivity contribution in [1.29, 1.82) is 0 Å². The predicted octanol–water partition coefficient (Wildman–Crippen LogP) is 6.27. The highest BCUT2D eigenvalue weighted by atomic mass is 32.1. The minimum absolute atomic E-state index is 0.00646. The van der Waals surface area contributed by atoms with Gasteiger partial charge in [0.1, 0.15) is 23.8 Å². The molecular weight excluding hydrogens is 753 g/mol. The number of aromatic hydroxyl groups is 1. The van der Waals surface area contributed by atoms with E-state index in [-0.39, 0.29) is 44.4 Å². The van der Waals surface area contributed by atoms with Crippen molar-refractivity contribution in [3.63, 3.8) is 0 Å². The summed E-state index contributed by atoms with van der Waals surface area (Å²) in [6, 6.07) is 7.18. The lowest BCUT2D eigenvalue weighted by atomic mass is 9.77. The lowest BCUT2D eigenvalue weighted by Gasteiger charge is -2.37. The molecule has 0 aliphatic carbocycles. The van der Waals surface area contributed by atoms with E-state index in [9.17, 15) is 39.3 Å². The summed E-state index contributed by atoms with van der Waals surface area (Å²) in [5.74, 6) is -8.24. The van der Waals surface area contributed by atoms with Gasteiger partial charge in [-0.1, -0.05) is 58.1 Å². The third kappa shape index (κ3) is 7.33. The average Bonchev–Trinajstić information content (AvgIpc) is 3.45. The van der Waals surface area contributed by atoms with E-state index in [4.69, 9.17) is 19.2 Å². The standard InChI is InChI=1S/C43H46N2O11S/c1-19-12-11-13-20(2)42(53)45-33-37(51)30-29(32-40(33)57-28-15-10-9-14-27(28)44-32)31-39(24(6)36(30)50)56-43(8,41(31)52)54-17-16-26(18-46)21(3)38(55-25(7)47)23(5)35(49)22(4)34(19)48/h9-19,21-23,26,34-35,38,48-49,51H,1-8H3,(H,45,53)/b12-11+,17-16+,20-13-/t19-,21+,22+,23+,26+,34-,35+,38+,43-/m0/s1. The van der Waals surface area contributed by atoms with E-state index >= 15 is 0 Å². The minimum Gasteiger partial charge on any atom is -0.505 e. The summed E-state index contributed by atoms with van der Waals surface area (Å²) in [6.45, 7) is 12.3. The molecule has 0 saturated carbocycles. The molecule has 3 aliphatic heterocycles. The van der Waals surface area contributed by atoms with Crippen molar-refractivity contribution in [2.24, 2.45) is 29.6 Å². The monoisotopic (exact) mass is 798 g/mol. The highest BCUT2D eigenvalue weighted by Crippen LogP contribution is 2.49. The number of aldehydes is 1. The Kier molecular flexibility index (Phi) is 11.4. The van der Waals surface area contributed by atoms with E-state index in [2.05, 4.69) is 5.32 Å². The molecule has 9 atom stereocenters. The molecule has 0 spiro atoms. The summed E-state index contributed by atoms with van der Waals surface area (Å²) < 4.78 is 18.8. The fraction of sp³-hybridized carbons (Fsp3) is 0.395. The topological polar surface area (TPSA) is 199 Å². The summed E-state index contributed by atoms with van der Waals surface area (Å²) in [5.41, 5.74) is 0.160. The number of amides is 1. The van der Waals surface area contributed by atoms with Crippen molar-refractivity contribution in [1.82, 2.24) is 4.98 Å². The Labute approximate surface area is 332 Å². The van der Waals surface area contributed by atoms with Gasteiger partial charge in [-0.15, -0.1) is 11.3 Å². The number of nitrogens with zero attached hydrogens (tertiary/aromatic N) is 1. The van der Waals surface area contributed by atoms with Crippen LogP contribution in [0, 0.1) is 36.5 Å². The molecule has 0 radical (unpaired) electrons. The highest BCUT2D eigenvalue weighted by molar-refractivity contribution is 7.25. The number of phenolic OH excluding ortho intramolecular Hbond substituents is 1. The minimum atomic E-state index is -2.04. The van der Waals surface area contributed by atoms with Gasteiger partial charge < -0.3 is 39.6 Å². The molecule has 300 valence electrons. The maximum absolute atomic E-state index is 14.5. The lowest BCUT2D eigenvalue weighted by Crippen LogP contribution is -2.45. The molecule has 5 bridgehead atoms. The van der Waals surface area contributed by atoms with E-state index in [1.165, 1.54) is 44.3 Å². The molecule has 4 heterocycles. The second kappa shape index (κ2) is 15.8. The number of carbonyl (C=O) groups is 4. The van der Waals surface area contributed by atoms with Crippen molar-refractivity contribution in [3.05, 3.63) is 81.8 Å². The van der Waals surface area contributed by atoms with Gasteiger partial charge in [-0.2, -0.15) is 0 Å². The number of allylic oxidation sites excluding steroid dienone is 3. The number of anilines is 1. The number of ether oxygens (including phenoxy) is 3. The first-order valence-electron chi connectivity index (χ1n) is 18.7. The Balaban J connectivity index is 1.58. The van der Waals surface area contributed by atoms with Crippen molar-refractivity contribution in [2.45, 2.75) is 79.5 Å². The third-order valence-corrected chi connectivity index (χ3v) is 12.4. The molecule has 1 aromatic heterocycles. The molecule has 3 aromatic carbocycles. The first kappa shape index (κ1) is 41.2. The molecule has 57 heavy (non-hydrogen) atoms. The Morgan fingerprint density at radius 2 is 1.70 bits per heavy atom. The molecule has 0 fully saturated rings. The van der Waals surface area contributed by atoms with Crippen LogP contribution in [-0.2, 0) is 23.9 Å². The number of para-hydroxylation sites is 1. The first-order chi connectivity index (χ1) is 26.9. The van der Waals surface area contributed by atoms with Crippen LogP contribution >= 0.6 is 11.3 Å². The number of carbonyl (C=O) groups excluding carboxylic acids is 4. The number of hydrogen-bond donors (Lipinski definition) is 4. The zero-order valence-electron chi connectivity index (χ0n) is 32.9. The van der Waals surface area contributed by atoms with Gasteiger partial charge in [0.05, 0.1) is 49.9 Å². The summed E-state index contributed by atoms with van der Waals surface area (Å²) >= 11 is 1.20. The summed E-state index contributed by atoms with van der Waals surface area (Å²) in [7, 11) is 0. The van der Waals surface area contributed by atoms with Gasteiger partial charge in [0.25, 0.3) is 11.7 Å². The Morgan fingerprint density at radius 1 is 1.00 bits per heavy atom. The van der Waals surface area contributed by atoms with Crippen LogP contribution in [0.2, 0.25) is 0 Å². The lowest BCUT2D eigenvalue weighted by molar-refractivity contribution is -0.159. The van der Waals surface area contributed by atoms with Gasteiger partial charge in [-0.25, -0.2) is 4.98 Å². The van der Waals surface area contributed by atoms with E-state index in [1.54, 1.807) is 58.9 Å². The average molecular weight is 799 g/mol. The van der Waals surface area contributed by atoms with E-state index in [1.807, 2.05) is 12.1 Å². The fourth-order valence-electron chi connectivity index (χ4n) is 7.67. The number of aliphatic hydroxyl groups excluding tert-OH is 2. The van der Waals surface area contributed by atoms with Crippen LogP contribution in [0.3, 0.4) is 0 Å². The molecule has 0 unspecified atom stereocenters. The van der Waals surface area contributed by atoms with Crippen molar-refractivity contribution in [2.75, 3.05) is 5.32 Å². The molecule has 13 nitrogen and oxygen atoms in total. The van der Waals surface area contributed by atoms with Crippen molar-refractivity contribution in [3.8, 4) is 11.5 Å². The van der Waals surface area contributed by atoms with Crippen LogP contribution in [0.15, 0.2) is 65.2 Å². The highest BCUT2D eigenvalue weighted by Gasteiger charge is 2.49.